The molecule has 0 radical (unpaired) electrons. The van der Waals surface area contributed by atoms with Gasteiger partial charge in [-0.15, -0.1) is 0 Å². The van der Waals surface area contributed by atoms with Crippen molar-refractivity contribution in [1.29, 1.82) is 0 Å². The molecular weight excluding hydrogens is 292 g/mol. The number of rotatable bonds is 6. The zero-order chi connectivity index (χ0) is 15.4. The second kappa shape index (κ2) is 7.24. The van der Waals surface area contributed by atoms with Gasteiger partial charge in [-0.25, -0.2) is 4.68 Å². The van der Waals surface area contributed by atoms with E-state index in [1.165, 1.54) is 4.68 Å². The number of nitrogens with zero attached hydrogens (tertiary/aromatic N) is 3. The van der Waals surface area contributed by atoms with Gasteiger partial charge in [-0.3, -0.25) is 4.79 Å². The smallest absolute Gasteiger partial charge is 0.287 e. The van der Waals surface area contributed by atoms with Gasteiger partial charge in [-0.05, 0) is 33.4 Å². The Kier molecular flexibility index (Phi) is 5.61. The molecule has 2 atom stereocenters. The molecule has 118 valence electrons. The normalized spacial score (nSPS) is 22.0. The average molecular weight is 315 g/mol. The van der Waals surface area contributed by atoms with Crippen molar-refractivity contribution in [3.05, 3.63) is 21.6 Å². The van der Waals surface area contributed by atoms with Crippen LogP contribution in [-0.4, -0.2) is 54.6 Å². The Balaban J connectivity index is 2.05. The number of likely N-dealkylation sites (N-methyl/N-ethyl adjacent to an activating group) is 1. The molecule has 0 bridgehead atoms. The van der Waals surface area contributed by atoms with Crippen molar-refractivity contribution in [1.82, 2.24) is 14.7 Å². The van der Waals surface area contributed by atoms with E-state index in [-0.39, 0.29) is 22.7 Å². The third-order valence-electron chi connectivity index (χ3n) is 3.82. The highest BCUT2D eigenvalue weighted by Crippen LogP contribution is 2.26. The van der Waals surface area contributed by atoms with Crippen LogP contribution >= 0.6 is 11.6 Å². The summed E-state index contributed by atoms with van der Waals surface area (Å²) in [7, 11) is 5.64. The van der Waals surface area contributed by atoms with Gasteiger partial charge in [0.25, 0.3) is 5.56 Å². The lowest BCUT2D eigenvalue weighted by molar-refractivity contribution is 0.108. The predicted molar refractivity (Wildman–Crippen MR) is 84.1 cm³/mol. The summed E-state index contributed by atoms with van der Waals surface area (Å²) in [4.78, 5) is 14.2. The summed E-state index contributed by atoms with van der Waals surface area (Å²) in [6, 6.07) is 0.284. The number of hydrogen-bond donors (Lipinski definition) is 1. The van der Waals surface area contributed by atoms with Crippen LogP contribution in [0.5, 0.6) is 0 Å². The zero-order valence-electron chi connectivity index (χ0n) is 12.8. The van der Waals surface area contributed by atoms with Crippen LogP contribution in [0.1, 0.15) is 19.3 Å². The number of anilines is 1. The number of methoxy groups -OCH3 is 1. The fourth-order valence-corrected chi connectivity index (χ4v) is 2.73. The van der Waals surface area contributed by atoms with E-state index >= 15 is 0 Å². The van der Waals surface area contributed by atoms with Crippen LogP contribution in [0.25, 0.3) is 0 Å². The van der Waals surface area contributed by atoms with Crippen LogP contribution in [0.15, 0.2) is 11.0 Å². The third-order valence-corrected chi connectivity index (χ3v) is 4.19. The first-order chi connectivity index (χ1) is 10.0. The molecule has 1 saturated carbocycles. The maximum absolute atomic E-state index is 12.2. The van der Waals surface area contributed by atoms with Gasteiger partial charge in [0.2, 0.25) is 0 Å². The van der Waals surface area contributed by atoms with E-state index in [4.69, 9.17) is 16.3 Å². The van der Waals surface area contributed by atoms with Gasteiger partial charge in [0, 0.05) is 19.7 Å². The first-order valence-corrected chi connectivity index (χ1v) is 7.58. The van der Waals surface area contributed by atoms with Crippen molar-refractivity contribution in [3.8, 4) is 0 Å². The van der Waals surface area contributed by atoms with Crippen molar-refractivity contribution in [2.75, 3.05) is 33.1 Å². The minimum Gasteiger partial charge on any atom is -0.381 e. The lowest BCUT2D eigenvalue weighted by Crippen LogP contribution is -2.30. The summed E-state index contributed by atoms with van der Waals surface area (Å²) < 4.78 is 6.75. The highest BCUT2D eigenvalue weighted by atomic mass is 35.5. The molecule has 0 amide bonds. The lowest BCUT2D eigenvalue weighted by atomic mass is 10.2. The molecule has 1 fully saturated rings. The van der Waals surface area contributed by atoms with Crippen molar-refractivity contribution in [2.45, 2.75) is 38.0 Å². The second-order valence-corrected chi connectivity index (χ2v) is 6.09. The van der Waals surface area contributed by atoms with E-state index in [1.54, 1.807) is 13.3 Å². The van der Waals surface area contributed by atoms with Gasteiger partial charge in [0.1, 0.15) is 5.02 Å². The molecule has 0 aromatic carbocycles. The summed E-state index contributed by atoms with van der Waals surface area (Å²) in [5, 5.41) is 7.71. The topological polar surface area (TPSA) is 59.4 Å². The summed E-state index contributed by atoms with van der Waals surface area (Å²) in [6.45, 7) is 1.27. The third kappa shape index (κ3) is 4.18. The Bertz CT molecular complexity index is 532. The minimum atomic E-state index is -0.246. The standard InChI is InChI=1S/C14H23ClN4O2/c1-18(2)6-7-19-14(20)13(15)12(9-16-19)17-10-4-5-11(8-10)21-3/h9-11,17H,4-8H2,1-3H3. The van der Waals surface area contributed by atoms with Gasteiger partial charge >= 0.3 is 0 Å². The molecule has 0 spiro atoms. The van der Waals surface area contributed by atoms with Crippen LogP contribution in [0.4, 0.5) is 5.69 Å². The molecule has 0 aliphatic heterocycles. The summed E-state index contributed by atoms with van der Waals surface area (Å²) in [5.74, 6) is 0. The summed E-state index contributed by atoms with van der Waals surface area (Å²) in [6.07, 6.45) is 4.89. The highest BCUT2D eigenvalue weighted by molar-refractivity contribution is 6.32. The van der Waals surface area contributed by atoms with E-state index in [9.17, 15) is 4.79 Å². The Morgan fingerprint density at radius 3 is 2.90 bits per heavy atom. The van der Waals surface area contributed by atoms with Crippen molar-refractivity contribution in [3.63, 3.8) is 0 Å². The maximum Gasteiger partial charge on any atom is 0.287 e. The number of aromatic nitrogens is 2. The van der Waals surface area contributed by atoms with E-state index in [0.717, 1.165) is 25.8 Å². The first-order valence-electron chi connectivity index (χ1n) is 7.21. The Morgan fingerprint density at radius 1 is 1.52 bits per heavy atom. The largest absolute Gasteiger partial charge is 0.381 e. The number of ether oxygens (including phenoxy) is 1. The van der Waals surface area contributed by atoms with Crippen LogP contribution in [0, 0.1) is 0 Å². The molecule has 7 heteroatoms. The van der Waals surface area contributed by atoms with Gasteiger partial charge in [0.05, 0.1) is 24.5 Å². The Morgan fingerprint density at radius 2 is 2.29 bits per heavy atom. The van der Waals surface area contributed by atoms with Gasteiger partial charge < -0.3 is 15.0 Å². The molecule has 1 aliphatic carbocycles. The Labute approximate surface area is 130 Å². The predicted octanol–water partition coefficient (Wildman–Crippen LogP) is 1.44. The Hall–Kier alpha value is -1.11. The maximum atomic E-state index is 12.2. The van der Waals surface area contributed by atoms with E-state index in [1.807, 2.05) is 19.0 Å². The molecule has 2 rings (SSSR count). The number of halogens is 1. The minimum absolute atomic E-state index is 0.213. The molecule has 1 aromatic heterocycles. The van der Waals surface area contributed by atoms with Gasteiger partial charge in [-0.1, -0.05) is 11.6 Å². The summed E-state index contributed by atoms with van der Waals surface area (Å²) >= 11 is 6.18. The molecule has 1 aromatic rings. The number of nitrogens with one attached hydrogen (secondary N) is 1. The fraction of sp³-hybridized carbons (Fsp3) is 0.714. The lowest BCUT2D eigenvalue weighted by Gasteiger charge is -2.16. The molecule has 6 nitrogen and oxygen atoms in total. The van der Waals surface area contributed by atoms with E-state index in [2.05, 4.69) is 10.4 Å². The molecule has 1 heterocycles. The molecule has 1 aliphatic rings. The molecule has 0 saturated heterocycles. The quantitative estimate of drug-likeness (QED) is 0.861. The SMILES string of the molecule is COC1CCC(Nc2cnn(CCN(C)C)c(=O)c2Cl)C1. The molecule has 2 unspecified atom stereocenters. The molecular formula is C14H23ClN4O2. The second-order valence-electron chi connectivity index (χ2n) is 5.72. The fourth-order valence-electron chi connectivity index (χ4n) is 2.52. The van der Waals surface area contributed by atoms with Gasteiger partial charge in [-0.2, -0.15) is 5.10 Å². The van der Waals surface area contributed by atoms with E-state index < -0.39 is 0 Å². The monoisotopic (exact) mass is 314 g/mol. The van der Waals surface area contributed by atoms with Crippen molar-refractivity contribution < 1.29 is 4.74 Å². The number of hydrogen-bond acceptors (Lipinski definition) is 5. The average Bonchev–Trinajstić information content (AvgIpc) is 2.90. The van der Waals surface area contributed by atoms with Gasteiger partial charge in [0.15, 0.2) is 0 Å². The zero-order valence-corrected chi connectivity index (χ0v) is 13.6. The highest BCUT2D eigenvalue weighted by Gasteiger charge is 2.25. The first kappa shape index (κ1) is 16.3. The van der Waals surface area contributed by atoms with Crippen LogP contribution in [0.3, 0.4) is 0 Å². The van der Waals surface area contributed by atoms with Crippen molar-refractivity contribution in [2.24, 2.45) is 0 Å². The van der Waals surface area contributed by atoms with Crippen LogP contribution < -0.4 is 10.9 Å². The summed E-state index contributed by atoms with van der Waals surface area (Å²) in [5.41, 5.74) is 0.370. The molecule has 1 N–H and O–H groups in total. The van der Waals surface area contributed by atoms with Crippen molar-refractivity contribution >= 4 is 17.3 Å². The van der Waals surface area contributed by atoms with E-state index in [0.29, 0.717) is 12.2 Å². The van der Waals surface area contributed by atoms with Crippen LogP contribution in [-0.2, 0) is 11.3 Å². The molecule has 21 heavy (non-hydrogen) atoms. The van der Waals surface area contributed by atoms with Crippen LogP contribution in [0.2, 0.25) is 5.02 Å².